The number of hydrogen-bond acceptors (Lipinski definition) is 3. The monoisotopic (exact) mass is 225 g/mol. The van der Waals surface area contributed by atoms with Gasteiger partial charge < -0.3 is 14.7 Å². The summed E-state index contributed by atoms with van der Waals surface area (Å²) in [6, 6.07) is -0.102. The molecule has 0 aliphatic carbocycles. The van der Waals surface area contributed by atoms with Gasteiger partial charge in [-0.2, -0.15) is 0 Å². The van der Waals surface area contributed by atoms with Crippen LogP contribution >= 0.6 is 0 Å². The second-order valence-electron chi connectivity index (χ2n) is 5.08. The number of nitrogens with zero attached hydrogens (tertiary/aromatic N) is 1. The van der Waals surface area contributed by atoms with Crippen molar-refractivity contribution in [2.45, 2.75) is 51.4 Å². The Hall–Kier alpha value is -1.21. The Morgan fingerprint density at radius 2 is 2.25 bits per heavy atom. The number of carbonyl (C=O) groups excluding carboxylic acids is 1. The van der Waals surface area contributed by atoms with Crippen molar-refractivity contribution in [2.75, 3.05) is 6.54 Å². The van der Waals surface area contributed by atoms with Crippen molar-refractivity contribution in [2.24, 2.45) is 0 Å². The molecule has 1 aliphatic heterocycles. The molecular weight excluding hydrogens is 206 g/mol. The van der Waals surface area contributed by atoms with Crippen LogP contribution in [0.2, 0.25) is 0 Å². The molecule has 1 N–H and O–H groups in total. The Kier molecular flexibility index (Phi) is 3.82. The van der Waals surface area contributed by atoms with E-state index in [2.05, 4.69) is 5.92 Å². The van der Waals surface area contributed by atoms with Gasteiger partial charge >= 0.3 is 6.09 Å². The van der Waals surface area contributed by atoms with E-state index >= 15 is 0 Å². The molecule has 0 aromatic carbocycles. The molecule has 0 radical (unpaired) electrons. The molecule has 1 fully saturated rings. The molecule has 4 heteroatoms. The van der Waals surface area contributed by atoms with Crippen LogP contribution in [0, 0.1) is 12.3 Å². The minimum atomic E-state index is -0.523. The molecule has 1 aliphatic rings. The van der Waals surface area contributed by atoms with E-state index in [4.69, 9.17) is 11.2 Å². The van der Waals surface area contributed by atoms with Crippen LogP contribution in [0.25, 0.3) is 0 Å². The van der Waals surface area contributed by atoms with Crippen molar-refractivity contribution in [3.8, 4) is 12.3 Å². The summed E-state index contributed by atoms with van der Waals surface area (Å²) >= 11 is 0. The normalized spacial score (nSPS) is 25.3. The lowest BCUT2D eigenvalue weighted by Gasteiger charge is -2.27. The van der Waals surface area contributed by atoms with Crippen LogP contribution in [0.5, 0.6) is 0 Å². The van der Waals surface area contributed by atoms with Crippen LogP contribution in [0.1, 0.15) is 33.6 Å². The van der Waals surface area contributed by atoms with E-state index in [9.17, 15) is 9.90 Å². The van der Waals surface area contributed by atoms with Crippen molar-refractivity contribution < 1.29 is 14.6 Å². The number of terminal acetylenes is 1. The summed E-state index contributed by atoms with van der Waals surface area (Å²) in [6.07, 6.45) is 5.33. The average Bonchev–Trinajstić information content (AvgIpc) is 2.44. The first-order chi connectivity index (χ1) is 7.33. The quantitative estimate of drug-likeness (QED) is 0.686. The first kappa shape index (κ1) is 12.9. The van der Waals surface area contributed by atoms with E-state index in [1.54, 1.807) is 0 Å². The molecule has 1 amide bonds. The zero-order valence-corrected chi connectivity index (χ0v) is 10.1. The van der Waals surface area contributed by atoms with Gasteiger partial charge in [-0.05, 0) is 27.2 Å². The predicted molar refractivity (Wildman–Crippen MR) is 60.8 cm³/mol. The van der Waals surface area contributed by atoms with Crippen LogP contribution in [-0.2, 0) is 4.74 Å². The highest BCUT2D eigenvalue weighted by Crippen LogP contribution is 2.22. The third-order valence-electron chi connectivity index (χ3n) is 2.37. The maximum Gasteiger partial charge on any atom is 0.410 e. The maximum absolute atomic E-state index is 11.8. The van der Waals surface area contributed by atoms with Gasteiger partial charge in [0.1, 0.15) is 5.60 Å². The van der Waals surface area contributed by atoms with Gasteiger partial charge in [-0.25, -0.2) is 4.79 Å². The van der Waals surface area contributed by atoms with Crippen molar-refractivity contribution in [1.82, 2.24) is 4.90 Å². The Balaban J connectivity index is 2.64. The summed E-state index contributed by atoms with van der Waals surface area (Å²) in [5, 5.41) is 9.53. The average molecular weight is 225 g/mol. The van der Waals surface area contributed by atoms with Gasteiger partial charge in [0.2, 0.25) is 0 Å². The molecule has 0 aromatic rings. The molecule has 90 valence electrons. The summed E-state index contributed by atoms with van der Waals surface area (Å²) in [4.78, 5) is 13.3. The number of hydrogen-bond donors (Lipinski definition) is 1. The first-order valence-electron chi connectivity index (χ1n) is 5.44. The lowest BCUT2D eigenvalue weighted by molar-refractivity contribution is 0.0211. The standard InChI is InChI=1S/C12H19NO3/c1-5-6-9-7-10(14)8-13(9)11(15)16-12(2,3)4/h1,9-10,14H,6-8H2,2-4H3/t9-,10+/m1/s1. The third-order valence-corrected chi connectivity index (χ3v) is 2.37. The number of ether oxygens (including phenoxy) is 1. The number of likely N-dealkylation sites (tertiary alicyclic amines) is 1. The SMILES string of the molecule is C#CC[C@@H]1C[C@H](O)CN1C(=O)OC(C)(C)C. The largest absolute Gasteiger partial charge is 0.444 e. The van der Waals surface area contributed by atoms with Crippen LogP contribution in [0.15, 0.2) is 0 Å². The molecule has 0 spiro atoms. The van der Waals surface area contributed by atoms with Crippen molar-refractivity contribution in [1.29, 1.82) is 0 Å². The van der Waals surface area contributed by atoms with Gasteiger partial charge in [0.05, 0.1) is 12.6 Å². The summed E-state index contributed by atoms with van der Waals surface area (Å²) < 4.78 is 5.25. The molecule has 0 aromatic heterocycles. The van der Waals surface area contributed by atoms with Gasteiger partial charge in [0.15, 0.2) is 0 Å². The van der Waals surface area contributed by atoms with Crippen molar-refractivity contribution in [3.63, 3.8) is 0 Å². The van der Waals surface area contributed by atoms with Crippen LogP contribution in [0.4, 0.5) is 4.79 Å². The summed E-state index contributed by atoms with van der Waals surface area (Å²) in [5.74, 6) is 2.52. The minimum Gasteiger partial charge on any atom is -0.444 e. The number of aliphatic hydroxyl groups is 1. The summed E-state index contributed by atoms with van der Waals surface area (Å²) in [5.41, 5.74) is -0.523. The Labute approximate surface area is 96.6 Å². The Morgan fingerprint density at radius 3 is 2.75 bits per heavy atom. The topological polar surface area (TPSA) is 49.8 Å². The molecule has 2 atom stereocenters. The first-order valence-corrected chi connectivity index (χ1v) is 5.44. The second kappa shape index (κ2) is 4.75. The van der Waals surface area contributed by atoms with Crippen LogP contribution in [-0.4, -0.2) is 40.4 Å². The smallest absolute Gasteiger partial charge is 0.410 e. The predicted octanol–water partition coefficient (Wildman–Crippen LogP) is 1.38. The van der Waals surface area contributed by atoms with Crippen molar-refractivity contribution in [3.05, 3.63) is 0 Å². The maximum atomic E-state index is 11.8. The molecule has 0 saturated carbocycles. The highest BCUT2D eigenvalue weighted by Gasteiger charge is 2.36. The Bertz CT molecular complexity index is 300. The van der Waals surface area contributed by atoms with Gasteiger partial charge in [0.25, 0.3) is 0 Å². The number of carbonyl (C=O) groups is 1. The number of aliphatic hydroxyl groups excluding tert-OH is 1. The molecule has 1 heterocycles. The van der Waals surface area contributed by atoms with E-state index in [1.807, 2.05) is 20.8 Å². The molecule has 1 saturated heterocycles. The second-order valence-corrected chi connectivity index (χ2v) is 5.08. The third kappa shape index (κ3) is 3.42. The number of β-amino-alcohol motifs (C(OH)–C–C–N with tert-alkyl or cyclic N) is 1. The van der Waals surface area contributed by atoms with Gasteiger partial charge in [-0.3, -0.25) is 0 Å². The Morgan fingerprint density at radius 1 is 1.62 bits per heavy atom. The van der Waals surface area contributed by atoms with E-state index in [0.717, 1.165) is 0 Å². The van der Waals surface area contributed by atoms with E-state index < -0.39 is 17.8 Å². The molecule has 0 bridgehead atoms. The van der Waals surface area contributed by atoms with Crippen LogP contribution < -0.4 is 0 Å². The van der Waals surface area contributed by atoms with Crippen molar-refractivity contribution >= 4 is 6.09 Å². The lowest BCUT2D eigenvalue weighted by Crippen LogP contribution is -2.40. The molecule has 16 heavy (non-hydrogen) atoms. The zero-order chi connectivity index (χ0) is 12.3. The highest BCUT2D eigenvalue weighted by atomic mass is 16.6. The molecule has 1 rings (SSSR count). The summed E-state index contributed by atoms with van der Waals surface area (Å²) in [6.45, 7) is 5.75. The van der Waals surface area contributed by atoms with E-state index in [1.165, 1.54) is 4.90 Å². The highest BCUT2D eigenvalue weighted by molar-refractivity contribution is 5.69. The fourth-order valence-electron chi connectivity index (χ4n) is 1.77. The van der Waals surface area contributed by atoms with Gasteiger partial charge in [0, 0.05) is 12.5 Å². The van der Waals surface area contributed by atoms with Crippen LogP contribution in [0.3, 0.4) is 0 Å². The summed E-state index contributed by atoms with van der Waals surface area (Å²) in [7, 11) is 0. The fraction of sp³-hybridized carbons (Fsp3) is 0.750. The van der Waals surface area contributed by atoms with E-state index in [0.29, 0.717) is 19.4 Å². The number of amides is 1. The van der Waals surface area contributed by atoms with Gasteiger partial charge in [-0.15, -0.1) is 12.3 Å². The number of rotatable bonds is 1. The molecule has 4 nitrogen and oxygen atoms in total. The molecular formula is C12H19NO3. The molecule has 0 unspecified atom stereocenters. The minimum absolute atomic E-state index is 0.102. The zero-order valence-electron chi connectivity index (χ0n) is 10.1. The lowest BCUT2D eigenvalue weighted by atomic mass is 10.1. The van der Waals surface area contributed by atoms with E-state index in [-0.39, 0.29) is 6.04 Å². The van der Waals surface area contributed by atoms with Gasteiger partial charge in [-0.1, -0.05) is 0 Å². The fourth-order valence-corrected chi connectivity index (χ4v) is 1.77.